The minimum Gasteiger partial charge on any atom is -0.354 e. The van der Waals surface area contributed by atoms with Crippen LogP contribution in [0.2, 0.25) is 0 Å². The van der Waals surface area contributed by atoms with Gasteiger partial charge in [0.15, 0.2) is 0 Å². The first kappa shape index (κ1) is 17.9. The summed E-state index contributed by atoms with van der Waals surface area (Å²) in [5.74, 6) is 2.02. The van der Waals surface area contributed by atoms with Gasteiger partial charge in [-0.25, -0.2) is 0 Å². The molecule has 4 rings (SSSR count). The molecule has 1 aromatic heterocycles. The van der Waals surface area contributed by atoms with Crippen molar-refractivity contribution in [1.82, 2.24) is 10.3 Å². The zero-order valence-corrected chi connectivity index (χ0v) is 16.3. The second kappa shape index (κ2) is 8.05. The number of nitrogens with one attached hydrogen (secondary N) is 2. The lowest BCUT2D eigenvalue weighted by molar-refractivity contribution is 0.0934. The van der Waals surface area contributed by atoms with E-state index >= 15 is 0 Å². The fourth-order valence-electron chi connectivity index (χ4n) is 3.68. The number of hydrogen-bond donors (Lipinski definition) is 2. The third-order valence-electron chi connectivity index (χ3n) is 5.15. The number of benzene rings is 2. The van der Waals surface area contributed by atoms with Gasteiger partial charge in [-0.15, -0.1) is 0 Å². The highest BCUT2D eigenvalue weighted by Gasteiger charge is 2.25. The molecule has 1 aliphatic rings. The van der Waals surface area contributed by atoms with Crippen molar-refractivity contribution in [3.05, 3.63) is 94.3 Å². The van der Waals surface area contributed by atoms with Crippen LogP contribution in [0.5, 0.6) is 0 Å². The summed E-state index contributed by atoms with van der Waals surface area (Å²) < 4.78 is 0. The molecule has 1 amide bonds. The molecule has 0 spiro atoms. The molecule has 1 atom stereocenters. The first-order valence-electron chi connectivity index (χ1n) is 9.42. The highest BCUT2D eigenvalue weighted by Crippen LogP contribution is 2.31. The lowest BCUT2D eigenvalue weighted by Crippen LogP contribution is -2.28. The maximum Gasteiger partial charge on any atom is 0.268 e. The molecule has 27 heavy (non-hydrogen) atoms. The number of amides is 1. The van der Waals surface area contributed by atoms with Gasteiger partial charge in [-0.1, -0.05) is 60.7 Å². The van der Waals surface area contributed by atoms with E-state index < -0.39 is 0 Å². The van der Waals surface area contributed by atoms with Crippen molar-refractivity contribution < 1.29 is 4.79 Å². The fourth-order valence-corrected chi connectivity index (χ4v) is 4.70. The number of carbonyl (C=O) groups is 1. The minimum absolute atomic E-state index is 0.00980. The van der Waals surface area contributed by atoms with Gasteiger partial charge in [-0.2, -0.15) is 11.8 Å². The molecule has 2 N–H and O–H groups in total. The Morgan fingerprint density at radius 3 is 2.52 bits per heavy atom. The average Bonchev–Trinajstić information content (AvgIpc) is 3.08. The average molecular weight is 377 g/mol. The number of carbonyl (C=O) groups excluding carboxylic acids is 1. The molecule has 0 fully saturated rings. The maximum atomic E-state index is 13.0. The molecular formula is C23H24N2OS. The molecule has 3 nitrogen and oxygen atoms in total. The van der Waals surface area contributed by atoms with Crippen LogP contribution in [0.25, 0.3) is 0 Å². The van der Waals surface area contributed by atoms with Crippen LogP contribution in [0, 0.1) is 0 Å². The summed E-state index contributed by atoms with van der Waals surface area (Å²) in [5, 5.41) is 3.16. The largest absolute Gasteiger partial charge is 0.354 e. The van der Waals surface area contributed by atoms with Crippen molar-refractivity contribution in [1.29, 1.82) is 0 Å². The van der Waals surface area contributed by atoms with Crippen molar-refractivity contribution >= 4 is 17.7 Å². The second-order valence-electron chi connectivity index (χ2n) is 7.01. The van der Waals surface area contributed by atoms with Crippen LogP contribution in [0.4, 0.5) is 0 Å². The Labute approximate surface area is 164 Å². The number of aromatic nitrogens is 1. The predicted molar refractivity (Wildman–Crippen MR) is 112 cm³/mol. The lowest BCUT2D eigenvalue weighted by atomic mass is 10.0. The van der Waals surface area contributed by atoms with E-state index in [1.54, 1.807) is 0 Å². The summed E-state index contributed by atoms with van der Waals surface area (Å²) in [4.78, 5) is 16.5. The van der Waals surface area contributed by atoms with Gasteiger partial charge >= 0.3 is 0 Å². The van der Waals surface area contributed by atoms with Gasteiger partial charge in [0.25, 0.3) is 5.91 Å². The third kappa shape index (κ3) is 3.96. The van der Waals surface area contributed by atoms with E-state index in [2.05, 4.69) is 34.6 Å². The van der Waals surface area contributed by atoms with E-state index in [-0.39, 0.29) is 11.9 Å². The van der Waals surface area contributed by atoms with Crippen molar-refractivity contribution in [2.45, 2.75) is 31.6 Å². The van der Waals surface area contributed by atoms with Crippen molar-refractivity contribution in [2.24, 2.45) is 0 Å². The van der Waals surface area contributed by atoms with Crippen LogP contribution in [-0.2, 0) is 18.6 Å². The molecule has 1 aliphatic heterocycles. The topological polar surface area (TPSA) is 44.9 Å². The normalized spacial score (nSPS) is 14.4. The van der Waals surface area contributed by atoms with Gasteiger partial charge in [0, 0.05) is 17.9 Å². The summed E-state index contributed by atoms with van der Waals surface area (Å²) in [7, 11) is 0. The molecular weight excluding hydrogens is 352 g/mol. The Morgan fingerprint density at radius 1 is 1.07 bits per heavy atom. The van der Waals surface area contributed by atoms with Crippen molar-refractivity contribution in [3.8, 4) is 0 Å². The summed E-state index contributed by atoms with van der Waals surface area (Å²) in [6, 6.07) is 20.5. The van der Waals surface area contributed by atoms with Gasteiger partial charge in [0.05, 0.1) is 6.04 Å². The number of fused-ring (bicyclic) bond motifs is 1. The van der Waals surface area contributed by atoms with Crippen molar-refractivity contribution in [2.75, 3.05) is 5.75 Å². The highest BCUT2D eigenvalue weighted by atomic mass is 32.2. The lowest BCUT2D eigenvalue weighted by Gasteiger charge is -2.16. The molecule has 2 heterocycles. The Balaban J connectivity index is 1.59. The van der Waals surface area contributed by atoms with E-state index in [9.17, 15) is 4.79 Å². The Kier molecular flexibility index (Phi) is 5.35. The van der Waals surface area contributed by atoms with Crippen LogP contribution in [-0.4, -0.2) is 16.6 Å². The smallest absolute Gasteiger partial charge is 0.268 e. The van der Waals surface area contributed by atoms with Crippen LogP contribution in [0.1, 0.15) is 51.4 Å². The molecule has 0 bridgehead atoms. The first-order chi connectivity index (χ1) is 13.2. The number of hydrogen-bond acceptors (Lipinski definition) is 2. The SMILES string of the molecule is C[C@@H](NC(=O)c1[nH]c(Cc2ccccc2)c2c1CSCC2)c1ccccc1. The molecule has 2 aromatic carbocycles. The Hall–Kier alpha value is -2.46. The van der Waals surface area contributed by atoms with Crippen molar-refractivity contribution in [3.63, 3.8) is 0 Å². The molecule has 3 aromatic rings. The van der Waals surface area contributed by atoms with Gasteiger partial charge in [0.2, 0.25) is 0 Å². The molecule has 138 valence electrons. The quantitative estimate of drug-likeness (QED) is 0.666. The van der Waals surface area contributed by atoms with E-state index in [4.69, 9.17) is 0 Å². The van der Waals surface area contributed by atoms with E-state index in [0.717, 1.165) is 35.6 Å². The Bertz CT molecular complexity index is 918. The predicted octanol–water partition coefficient (Wildman–Crippen LogP) is 4.89. The zero-order chi connectivity index (χ0) is 18.6. The maximum absolute atomic E-state index is 13.0. The van der Waals surface area contributed by atoms with E-state index in [1.165, 1.54) is 22.4 Å². The molecule has 0 aliphatic carbocycles. The summed E-state index contributed by atoms with van der Waals surface area (Å²) in [6.45, 7) is 2.03. The number of aromatic amines is 1. The van der Waals surface area contributed by atoms with Crippen LogP contribution < -0.4 is 5.32 Å². The molecule has 0 unspecified atom stereocenters. The fraction of sp³-hybridized carbons (Fsp3) is 0.261. The molecule has 0 radical (unpaired) electrons. The number of thioether (sulfide) groups is 1. The van der Waals surface area contributed by atoms with Crippen LogP contribution in [0.3, 0.4) is 0 Å². The molecule has 4 heteroatoms. The van der Waals surface area contributed by atoms with E-state index in [1.807, 2.05) is 55.1 Å². The molecule has 0 saturated heterocycles. The minimum atomic E-state index is -0.0218. The van der Waals surface area contributed by atoms with E-state index in [0.29, 0.717) is 0 Å². The monoisotopic (exact) mass is 376 g/mol. The van der Waals surface area contributed by atoms with Crippen LogP contribution >= 0.6 is 11.8 Å². The Morgan fingerprint density at radius 2 is 1.78 bits per heavy atom. The first-order valence-corrected chi connectivity index (χ1v) is 10.6. The molecule has 0 saturated carbocycles. The number of H-pyrrole nitrogens is 1. The summed E-state index contributed by atoms with van der Waals surface area (Å²) >= 11 is 1.90. The summed E-state index contributed by atoms with van der Waals surface area (Å²) in [6.07, 6.45) is 1.87. The zero-order valence-electron chi connectivity index (χ0n) is 15.5. The number of rotatable bonds is 5. The highest BCUT2D eigenvalue weighted by molar-refractivity contribution is 7.98. The van der Waals surface area contributed by atoms with Gasteiger partial charge in [-0.3, -0.25) is 4.79 Å². The van der Waals surface area contributed by atoms with Gasteiger partial charge in [-0.05, 0) is 41.4 Å². The second-order valence-corrected chi connectivity index (χ2v) is 8.11. The van der Waals surface area contributed by atoms with Gasteiger partial charge in [0.1, 0.15) is 5.69 Å². The summed E-state index contributed by atoms with van der Waals surface area (Å²) in [5.41, 5.74) is 6.85. The third-order valence-corrected chi connectivity index (χ3v) is 6.13. The standard InChI is InChI=1S/C23H24N2OS/c1-16(18-10-6-3-7-11-18)24-23(26)22-20-15-27-13-12-19(20)21(25-22)14-17-8-4-2-5-9-17/h2-11,16,25H,12-15H2,1H3,(H,24,26)/t16-/m1/s1. The van der Waals surface area contributed by atoms with Crippen LogP contribution in [0.15, 0.2) is 60.7 Å². The van der Waals surface area contributed by atoms with Gasteiger partial charge < -0.3 is 10.3 Å².